The zero-order valence-corrected chi connectivity index (χ0v) is 9.97. The van der Waals surface area contributed by atoms with Gasteiger partial charge in [-0.05, 0) is 24.6 Å². The number of urea groups is 1. The SMILES string of the molecule is Cc1ccc2c(c1)NC(=O)Nc1c(C(N)=O)nnn1-2. The van der Waals surface area contributed by atoms with Gasteiger partial charge in [-0.25, -0.2) is 4.79 Å². The summed E-state index contributed by atoms with van der Waals surface area (Å²) in [5.74, 6) is -0.593. The van der Waals surface area contributed by atoms with Gasteiger partial charge in [-0.2, -0.15) is 4.68 Å². The summed E-state index contributed by atoms with van der Waals surface area (Å²) in [5.41, 5.74) is 7.29. The third-order valence-corrected chi connectivity index (χ3v) is 2.76. The Morgan fingerprint density at radius 2 is 2.16 bits per heavy atom. The van der Waals surface area contributed by atoms with E-state index in [1.165, 1.54) is 4.68 Å². The van der Waals surface area contributed by atoms with Gasteiger partial charge in [-0.1, -0.05) is 11.3 Å². The van der Waals surface area contributed by atoms with E-state index in [1.54, 1.807) is 12.1 Å². The van der Waals surface area contributed by atoms with Crippen LogP contribution in [-0.4, -0.2) is 26.9 Å². The first kappa shape index (κ1) is 11.2. The topological polar surface area (TPSA) is 115 Å². The quantitative estimate of drug-likeness (QED) is 0.695. The van der Waals surface area contributed by atoms with Crippen LogP contribution in [0.2, 0.25) is 0 Å². The molecule has 3 amide bonds. The van der Waals surface area contributed by atoms with Crippen LogP contribution in [0.1, 0.15) is 16.1 Å². The average molecular weight is 258 g/mol. The molecule has 19 heavy (non-hydrogen) atoms. The molecule has 96 valence electrons. The minimum Gasteiger partial charge on any atom is -0.364 e. The first-order valence-electron chi connectivity index (χ1n) is 5.51. The van der Waals surface area contributed by atoms with Crippen molar-refractivity contribution in [2.75, 3.05) is 10.6 Å². The van der Waals surface area contributed by atoms with E-state index in [-0.39, 0.29) is 11.5 Å². The van der Waals surface area contributed by atoms with Crippen molar-refractivity contribution in [1.29, 1.82) is 0 Å². The molecule has 0 saturated carbocycles. The van der Waals surface area contributed by atoms with Crippen LogP contribution in [0.25, 0.3) is 5.69 Å². The number of nitrogens with one attached hydrogen (secondary N) is 2. The second-order valence-corrected chi connectivity index (χ2v) is 4.16. The average Bonchev–Trinajstić information content (AvgIpc) is 2.67. The maximum absolute atomic E-state index is 11.7. The number of anilines is 2. The maximum Gasteiger partial charge on any atom is 0.324 e. The lowest BCUT2D eigenvalue weighted by molar-refractivity contribution is 0.0996. The van der Waals surface area contributed by atoms with Crippen molar-refractivity contribution in [2.45, 2.75) is 6.92 Å². The van der Waals surface area contributed by atoms with Gasteiger partial charge in [-0.3, -0.25) is 10.1 Å². The molecule has 0 aliphatic carbocycles. The number of carbonyl (C=O) groups is 2. The summed E-state index contributed by atoms with van der Waals surface area (Å²) in [5, 5.41) is 12.7. The molecule has 0 atom stereocenters. The molecule has 1 aromatic heterocycles. The summed E-state index contributed by atoms with van der Waals surface area (Å²) in [4.78, 5) is 23.0. The Kier molecular flexibility index (Phi) is 2.24. The molecule has 0 spiro atoms. The molecule has 1 aromatic carbocycles. The highest BCUT2D eigenvalue weighted by Gasteiger charge is 2.25. The lowest BCUT2D eigenvalue weighted by atomic mass is 10.2. The summed E-state index contributed by atoms with van der Waals surface area (Å²) >= 11 is 0. The first-order valence-corrected chi connectivity index (χ1v) is 5.51. The van der Waals surface area contributed by atoms with Gasteiger partial charge < -0.3 is 11.1 Å². The van der Waals surface area contributed by atoms with Gasteiger partial charge in [0.1, 0.15) is 0 Å². The summed E-state index contributed by atoms with van der Waals surface area (Å²) in [6, 6.07) is 4.97. The zero-order chi connectivity index (χ0) is 13.6. The van der Waals surface area contributed by atoms with E-state index in [0.717, 1.165) is 5.56 Å². The number of rotatable bonds is 1. The summed E-state index contributed by atoms with van der Waals surface area (Å²) in [6.45, 7) is 1.90. The lowest BCUT2D eigenvalue weighted by Crippen LogP contribution is -2.21. The minimum absolute atomic E-state index is 0.0800. The van der Waals surface area contributed by atoms with Crippen molar-refractivity contribution in [3.8, 4) is 5.69 Å². The normalized spacial score (nSPS) is 12.8. The van der Waals surface area contributed by atoms with E-state index < -0.39 is 11.9 Å². The van der Waals surface area contributed by atoms with E-state index in [0.29, 0.717) is 11.4 Å². The molecule has 0 radical (unpaired) electrons. The molecular weight excluding hydrogens is 248 g/mol. The molecule has 2 heterocycles. The Morgan fingerprint density at radius 1 is 1.37 bits per heavy atom. The van der Waals surface area contributed by atoms with Crippen LogP contribution in [0.15, 0.2) is 18.2 Å². The summed E-state index contributed by atoms with van der Waals surface area (Å²) in [6.07, 6.45) is 0. The van der Waals surface area contributed by atoms with E-state index in [1.807, 2.05) is 13.0 Å². The van der Waals surface area contributed by atoms with Gasteiger partial charge >= 0.3 is 6.03 Å². The smallest absolute Gasteiger partial charge is 0.324 e. The Labute approximate surface area is 107 Å². The third-order valence-electron chi connectivity index (χ3n) is 2.76. The molecule has 1 aliphatic heterocycles. The van der Waals surface area contributed by atoms with Gasteiger partial charge in [0.15, 0.2) is 11.5 Å². The predicted molar refractivity (Wildman–Crippen MR) is 67.3 cm³/mol. The molecule has 4 N–H and O–H groups in total. The number of primary amides is 1. The van der Waals surface area contributed by atoms with Crippen molar-refractivity contribution in [3.63, 3.8) is 0 Å². The van der Waals surface area contributed by atoms with E-state index in [4.69, 9.17) is 5.73 Å². The molecule has 0 fully saturated rings. The second-order valence-electron chi connectivity index (χ2n) is 4.16. The maximum atomic E-state index is 11.7. The highest BCUT2D eigenvalue weighted by Crippen LogP contribution is 2.28. The van der Waals surface area contributed by atoms with Gasteiger partial charge in [0, 0.05) is 0 Å². The monoisotopic (exact) mass is 258 g/mol. The van der Waals surface area contributed by atoms with Gasteiger partial charge in [0.25, 0.3) is 5.91 Å². The molecule has 0 unspecified atom stereocenters. The van der Waals surface area contributed by atoms with Crippen molar-refractivity contribution >= 4 is 23.4 Å². The number of benzene rings is 1. The molecule has 3 rings (SSSR count). The van der Waals surface area contributed by atoms with Gasteiger partial charge in [0.2, 0.25) is 0 Å². The zero-order valence-electron chi connectivity index (χ0n) is 9.97. The van der Waals surface area contributed by atoms with Crippen LogP contribution < -0.4 is 16.4 Å². The van der Waals surface area contributed by atoms with E-state index in [9.17, 15) is 9.59 Å². The summed E-state index contributed by atoms with van der Waals surface area (Å²) < 4.78 is 1.37. The van der Waals surface area contributed by atoms with Crippen LogP contribution in [-0.2, 0) is 0 Å². The molecular formula is C11H10N6O2. The Bertz CT molecular complexity index is 705. The minimum atomic E-state index is -0.753. The highest BCUT2D eigenvalue weighted by atomic mass is 16.2. The third kappa shape index (κ3) is 1.69. The molecule has 2 aromatic rings. The van der Waals surface area contributed by atoms with Crippen molar-refractivity contribution in [2.24, 2.45) is 5.73 Å². The fraction of sp³-hybridized carbons (Fsp3) is 0.0909. The van der Waals surface area contributed by atoms with Crippen LogP contribution in [0.5, 0.6) is 0 Å². The van der Waals surface area contributed by atoms with Crippen LogP contribution in [0.4, 0.5) is 16.3 Å². The number of hydrogen-bond acceptors (Lipinski definition) is 4. The van der Waals surface area contributed by atoms with Crippen LogP contribution in [0.3, 0.4) is 0 Å². The van der Waals surface area contributed by atoms with Crippen molar-refractivity contribution < 1.29 is 9.59 Å². The van der Waals surface area contributed by atoms with Crippen molar-refractivity contribution in [3.05, 3.63) is 29.5 Å². The molecule has 8 nitrogen and oxygen atoms in total. The number of aryl methyl sites for hydroxylation is 1. The number of nitrogens with zero attached hydrogens (tertiary/aromatic N) is 3. The first-order chi connectivity index (χ1) is 9.06. The number of hydrogen-bond donors (Lipinski definition) is 3. The van der Waals surface area contributed by atoms with Gasteiger partial charge in [0.05, 0.1) is 11.4 Å². The number of nitrogens with two attached hydrogens (primary N) is 1. The largest absolute Gasteiger partial charge is 0.364 e. The fourth-order valence-corrected chi connectivity index (χ4v) is 1.92. The van der Waals surface area contributed by atoms with Crippen LogP contribution in [0, 0.1) is 6.92 Å². The summed E-state index contributed by atoms with van der Waals surface area (Å²) in [7, 11) is 0. The van der Waals surface area contributed by atoms with Crippen molar-refractivity contribution in [1.82, 2.24) is 15.0 Å². The standard InChI is InChI=1S/C11H10N6O2/c1-5-2-3-7-6(4-5)13-11(19)14-10-8(9(12)18)15-16-17(7)10/h2-4H,1H3,(H2,12,18)(H2,13,14,19). The molecule has 1 aliphatic rings. The number of carbonyl (C=O) groups excluding carboxylic acids is 2. The predicted octanol–water partition coefficient (Wildman–Crippen LogP) is 0.632. The lowest BCUT2D eigenvalue weighted by Gasteiger charge is -2.06. The second kappa shape index (κ2) is 3.80. The van der Waals surface area contributed by atoms with E-state index >= 15 is 0 Å². The number of amides is 3. The Balaban J connectivity index is 2.28. The Hall–Kier alpha value is -2.90. The molecule has 0 bridgehead atoms. The Morgan fingerprint density at radius 3 is 2.89 bits per heavy atom. The van der Waals surface area contributed by atoms with Crippen LogP contribution >= 0.6 is 0 Å². The highest BCUT2D eigenvalue weighted by molar-refractivity contribution is 6.06. The molecule has 8 heteroatoms. The fourth-order valence-electron chi connectivity index (χ4n) is 1.92. The van der Waals surface area contributed by atoms with Gasteiger partial charge in [-0.15, -0.1) is 5.10 Å². The number of aromatic nitrogens is 3. The number of fused-ring (bicyclic) bond motifs is 3. The van der Waals surface area contributed by atoms with E-state index in [2.05, 4.69) is 20.9 Å². The molecule has 0 saturated heterocycles.